The van der Waals surface area contributed by atoms with Crippen LogP contribution in [-0.2, 0) is 17.8 Å². The summed E-state index contributed by atoms with van der Waals surface area (Å²) in [6, 6.07) is 1.45. The fourth-order valence-electron chi connectivity index (χ4n) is 2.77. The molecule has 0 radical (unpaired) electrons. The predicted molar refractivity (Wildman–Crippen MR) is 76.9 cm³/mol. The fourth-order valence-corrected chi connectivity index (χ4v) is 3.68. The normalized spacial score (nSPS) is 18.9. The molecule has 0 amide bonds. The molecule has 3 heterocycles. The minimum Gasteiger partial charge on any atom is -0.480 e. The molecule has 106 valence electrons. The summed E-state index contributed by atoms with van der Waals surface area (Å²) in [4.78, 5) is 19.1. The zero-order valence-corrected chi connectivity index (χ0v) is 12.1. The van der Waals surface area contributed by atoms with Crippen molar-refractivity contribution in [3.8, 4) is 0 Å². The predicted octanol–water partition coefficient (Wildman–Crippen LogP) is 1.94. The van der Waals surface area contributed by atoms with E-state index in [0.717, 1.165) is 37.4 Å². The molecule has 0 aliphatic carbocycles. The molecule has 2 aromatic rings. The molecule has 1 aliphatic rings. The smallest absolute Gasteiger partial charge is 0.325 e. The maximum Gasteiger partial charge on any atom is 0.325 e. The van der Waals surface area contributed by atoms with Crippen LogP contribution in [-0.4, -0.2) is 38.6 Å². The van der Waals surface area contributed by atoms with Crippen LogP contribution < -0.4 is 0 Å². The Morgan fingerprint density at radius 3 is 3.10 bits per heavy atom. The van der Waals surface area contributed by atoms with E-state index in [1.165, 1.54) is 4.88 Å². The highest BCUT2D eigenvalue weighted by atomic mass is 32.1. The van der Waals surface area contributed by atoms with Crippen molar-refractivity contribution in [3.05, 3.63) is 40.1 Å². The van der Waals surface area contributed by atoms with Gasteiger partial charge >= 0.3 is 5.97 Å². The molecule has 3 rings (SSSR count). The van der Waals surface area contributed by atoms with E-state index in [1.54, 1.807) is 17.5 Å². The average molecular weight is 291 g/mol. The van der Waals surface area contributed by atoms with Crippen molar-refractivity contribution < 1.29 is 9.90 Å². The SMILES string of the molecule is Cc1nccn1CCN1CCc2sccc2C1C(=O)O. The molecule has 1 aliphatic heterocycles. The Morgan fingerprint density at radius 2 is 2.40 bits per heavy atom. The lowest BCUT2D eigenvalue weighted by atomic mass is 10.00. The average Bonchev–Trinajstić information content (AvgIpc) is 3.03. The molecule has 1 atom stereocenters. The molecule has 0 spiro atoms. The van der Waals surface area contributed by atoms with Crippen LogP contribution in [0.3, 0.4) is 0 Å². The number of aromatic nitrogens is 2. The number of carboxylic acid groups (broad SMARTS) is 1. The van der Waals surface area contributed by atoms with Crippen LogP contribution in [0, 0.1) is 6.92 Å². The summed E-state index contributed by atoms with van der Waals surface area (Å²) in [7, 11) is 0. The Bertz CT molecular complexity index is 619. The van der Waals surface area contributed by atoms with E-state index in [1.807, 2.05) is 24.6 Å². The van der Waals surface area contributed by atoms with Crippen molar-refractivity contribution in [3.63, 3.8) is 0 Å². The summed E-state index contributed by atoms with van der Waals surface area (Å²) >= 11 is 1.66. The summed E-state index contributed by atoms with van der Waals surface area (Å²) in [5, 5.41) is 11.5. The lowest BCUT2D eigenvalue weighted by molar-refractivity contribution is -0.144. The van der Waals surface area contributed by atoms with Gasteiger partial charge in [-0.25, -0.2) is 4.98 Å². The highest BCUT2D eigenvalue weighted by molar-refractivity contribution is 7.10. The Kier molecular flexibility index (Phi) is 3.58. The first-order valence-corrected chi connectivity index (χ1v) is 7.55. The fraction of sp³-hybridized carbons (Fsp3) is 0.429. The number of carboxylic acids is 1. The summed E-state index contributed by atoms with van der Waals surface area (Å²) < 4.78 is 2.06. The van der Waals surface area contributed by atoms with Crippen LogP contribution in [0.4, 0.5) is 0 Å². The quantitative estimate of drug-likeness (QED) is 0.935. The first-order valence-electron chi connectivity index (χ1n) is 6.67. The maximum absolute atomic E-state index is 11.6. The molecular weight excluding hydrogens is 274 g/mol. The van der Waals surface area contributed by atoms with Gasteiger partial charge in [-0.1, -0.05) is 0 Å². The summed E-state index contributed by atoms with van der Waals surface area (Å²) in [5.41, 5.74) is 0.969. The van der Waals surface area contributed by atoms with Crippen LogP contribution in [0.15, 0.2) is 23.8 Å². The van der Waals surface area contributed by atoms with Crippen molar-refractivity contribution in [1.29, 1.82) is 0 Å². The van der Waals surface area contributed by atoms with Crippen molar-refractivity contribution in [2.24, 2.45) is 0 Å². The van der Waals surface area contributed by atoms with Crippen LogP contribution in [0.2, 0.25) is 0 Å². The Labute approximate surface area is 121 Å². The van der Waals surface area contributed by atoms with Crippen molar-refractivity contribution in [2.75, 3.05) is 13.1 Å². The van der Waals surface area contributed by atoms with E-state index < -0.39 is 12.0 Å². The number of nitrogens with zero attached hydrogens (tertiary/aromatic N) is 3. The number of rotatable bonds is 4. The van der Waals surface area contributed by atoms with E-state index >= 15 is 0 Å². The highest BCUT2D eigenvalue weighted by Crippen LogP contribution is 2.33. The summed E-state index contributed by atoms with van der Waals surface area (Å²) in [6.07, 6.45) is 4.65. The number of aliphatic carboxylic acids is 1. The second-order valence-electron chi connectivity index (χ2n) is 4.99. The minimum atomic E-state index is -0.758. The van der Waals surface area contributed by atoms with Gasteiger partial charge in [-0.2, -0.15) is 0 Å². The molecule has 0 fully saturated rings. The highest BCUT2D eigenvalue weighted by Gasteiger charge is 2.33. The van der Waals surface area contributed by atoms with E-state index in [9.17, 15) is 9.90 Å². The molecule has 0 aromatic carbocycles. The zero-order chi connectivity index (χ0) is 14.1. The van der Waals surface area contributed by atoms with E-state index in [0.29, 0.717) is 0 Å². The molecule has 2 aromatic heterocycles. The van der Waals surface area contributed by atoms with E-state index in [4.69, 9.17) is 0 Å². The number of imidazole rings is 1. The number of hydrogen-bond donors (Lipinski definition) is 1. The minimum absolute atomic E-state index is 0.506. The van der Waals surface area contributed by atoms with Crippen LogP contribution in [0.5, 0.6) is 0 Å². The maximum atomic E-state index is 11.6. The number of carbonyl (C=O) groups is 1. The number of hydrogen-bond acceptors (Lipinski definition) is 4. The van der Waals surface area contributed by atoms with Gasteiger partial charge in [0.15, 0.2) is 0 Å². The van der Waals surface area contributed by atoms with E-state index in [-0.39, 0.29) is 0 Å². The Morgan fingerprint density at radius 1 is 1.55 bits per heavy atom. The van der Waals surface area contributed by atoms with Crippen LogP contribution >= 0.6 is 11.3 Å². The van der Waals surface area contributed by atoms with Crippen molar-refractivity contribution in [2.45, 2.75) is 25.9 Å². The third-order valence-corrected chi connectivity index (χ3v) is 4.85. The van der Waals surface area contributed by atoms with Gasteiger partial charge in [-0.15, -0.1) is 11.3 Å². The molecule has 6 heteroatoms. The van der Waals surface area contributed by atoms with Crippen molar-refractivity contribution >= 4 is 17.3 Å². The second kappa shape index (κ2) is 5.38. The monoisotopic (exact) mass is 291 g/mol. The molecule has 0 bridgehead atoms. The van der Waals surface area contributed by atoms with Gasteiger partial charge in [-0.3, -0.25) is 9.69 Å². The lowest BCUT2D eigenvalue weighted by Gasteiger charge is -2.33. The van der Waals surface area contributed by atoms with Crippen molar-refractivity contribution in [1.82, 2.24) is 14.5 Å². The first kappa shape index (κ1) is 13.3. The molecule has 20 heavy (non-hydrogen) atoms. The molecular formula is C14H17N3O2S. The van der Waals surface area contributed by atoms with Crippen LogP contribution in [0.25, 0.3) is 0 Å². The summed E-state index contributed by atoms with van der Waals surface area (Å²) in [6.45, 7) is 4.26. The standard InChI is InChI=1S/C14H17N3O2S/c1-10-15-4-6-16(10)7-8-17-5-2-12-11(3-9-20-12)13(17)14(18)19/h3-4,6,9,13H,2,5,7-8H2,1H3,(H,18,19). The lowest BCUT2D eigenvalue weighted by Crippen LogP contribution is -2.40. The largest absolute Gasteiger partial charge is 0.480 e. The molecule has 0 saturated heterocycles. The number of fused-ring (bicyclic) bond motifs is 1. The topological polar surface area (TPSA) is 58.4 Å². The zero-order valence-electron chi connectivity index (χ0n) is 11.3. The summed E-state index contributed by atoms with van der Waals surface area (Å²) in [5.74, 6) is 0.205. The Balaban J connectivity index is 1.76. The van der Waals surface area contributed by atoms with Gasteiger partial charge in [0.05, 0.1) is 0 Å². The van der Waals surface area contributed by atoms with E-state index in [2.05, 4.69) is 14.5 Å². The van der Waals surface area contributed by atoms with Gasteiger partial charge in [-0.05, 0) is 30.4 Å². The Hall–Kier alpha value is -1.66. The number of aryl methyl sites for hydroxylation is 1. The third-order valence-electron chi connectivity index (χ3n) is 3.85. The first-order chi connectivity index (χ1) is 9.66. The molecule has 1 N–H and O–H groups in total. The molecule has 0 saturated carbocycles. The van der Waals surface area contributed by atoms with Gasteiger partial charge in [0.2, 0.25) is 0 Å². The second-order valence-corrected chi connectivity index (χ2v) is 5.99. The molecule has 5 nitrogen and oxygen atoms in total. The molecule has 1 unspecified atom stereocenters. The van der Waals surface area contributed by atoms with Gasteiger partial charge in [0.25, 0.3) is 0 Å². The number of thiophene rings is 1. The van der Waals surface area contributed by atoms with Gasteiger partial charge in [0, 0.05) is 36.9 Å². The van der Waals surface area contributed by atoms with Gasteiger partial charge in [0.1, 0.15) is 11.9 Å². The van der Waals surface area contributed by atoms with Gasteiger partial charge < -0.3 is 9.67 Å². The van der Waals surface area contributed by atoms with Crippen LogP contribution in [0.1, 0.15) is 22.3 Å². The third kappa shape index (κ3) is 2.36.